The van der Waals surface area contributed by atoms with Gasteiger partial charge in [-0.05, 0) is 48.2 Å². The van der Waals surface area contributed by atoms with Crippen molar-refractivity contribution in [2.75, 3.05) is 21.7 Å². The lowest BCUT2D eigenvalue weighted by Gasteiger charge is -2.23. The van der Waals surface area contributed by atoms with Crippen molar-refractivity contribution in [2.24, 2.45) is 0 Å². The highest BCUT2D eigenvalue weighted by Crippen LogP contribution is 2.46. The lowest BCUT2D eigenvalue weighted by atomic mass is 10.1. The fourth-order valence-corrected chi connectivity index (χ4v) is 5.69. The molecule has 0 aromatic heterocycles. The molecular formula is C18H14F6N2S2. The molecule has 0 unspecified atom stereocenters. The van der Waals surface area contributed by atoms with E-state index < -0.39 is 23.5 Å². The van der Waals surface area contributed by atoms with Crippen LogP contribution in [0.15, 0.2) is 36.4 Å². The number of nitrogens with zero attached hydrogens (tertiary/aromatic N) is 2. The monoisotopic (exact) mass is 436 g/mol. The lowest BCUT2D eigenvalue weighted by molar-refractivity contribution is -0.138. The van der Waals surface area contributed by atoms with E-state index in [1.54, 1.807) is 8.61 Å². The maximum absolute atomic E-state index is 13.0. The second kappa shape index (κ2) is 6.98. The summed E-state index contributed by atoms with van der Waals surface area (Å²) in [5.74, 6) is 0. The minimum absolute atomic E-state index is 0.510. The van der Waals surface area contributed by atoms with Crippen LogP contribution < -0.4 is 8.61 Å². The molecule has 0 aliphatic carbocycles. The van der Waals surface area contributed by atoms with E-state index in [0.717, 1.165) is 35.4 Å². The summed E-state index contributed by atoms with van der Waals surface area (Å²) in [4.78, 5) is 0. The Morgan fingerprint density at radius 2 is 1.04 bits per heavy atom. The first-order valence-electron chi connectivity index (χ1n) is 8.43. The summed E-state index contributed by atoms with van der Waals surface area (Å²) in [6.07, 6.45) is -7.56. The molecule has 4 rings (SSSR count). The average Bonchev–Trinajstić information content (AvgIpc) is 3.21. The van der Waals surface area contributed by atoms with Crippen molar-refractivity contribution in [1.29, 1.82) is 0 Å². The van der Waals surface area contributed by atoms with Crippen molar-refractivity contribution in [3.8, 4) is 0 Å². The predicted molar refractivity (Wildman–Crippen MR) is 100 cm³/mol. The summed E-state index contributed by atoms with van der Waals surface area (Å²) in [5.41, 5.74) is 1.28. The minimum atomic E-state index is -4.41. The molecule has 0 N–H and O–H groups in total. The number of alkyl halides is 6. The van der Waals surface area contributed by atoms with E-state index in [1.807, 2.05) is 0 Å². The molecular weight excluding hydrogens is 422 g/mol. The first kappa shape index (κ1) is 19.6. The SMILES string of the molecule is FC(F)(F)c1ccc2c(c1)N(SSN1CCc3ccc(C(F)(F)F)cc31)CC2. The van der Waals surface area contributed by atoms with Gasteiger partial charge >= 0.3 is 12.4 Å². The van der Waals surface area contributed by atoms with Crippen LogP contribution in [0.25, 0.3) is 0 Å². The lowest BCUT2D eigenvalue weighted by Crippen LogP contribution is -2.15. The standard InChI is InChI=1S/C18H14F6N2S2/c19-17(20,21)13-3-1-11-5-7-25(15(11)9-13)27-28-26-8-6-12-2-4-14(10-16(12)26)18(22,23)24/h1-4,9-10H,5-8H2. The van der Waals surface area contributed by atoms with Crippen LogP contribution in [0.4, 0.5) is 37.7 Å². The molecule has 0 amide bonds. The van der Waals surface area contributed by atoms with E-state index in [9.17, 15) is 26.3 Å². The van der Waals surface area contributed by atoms with E-state index in [2.05, 4.69) is 0 Å². The summed E-state index contributed by atoms with van der Waals surface area (Å²) in [6.45, 7) is 1.11. The molecule has 0 fully saturated rings. The van der Waals surface area contributed by atoms with Gasteiger partial charge < -0.3 is 8.61 Å². The van der Waals surface area contributed by atoms with Crippen molar-refractivity contribution in [3.05, 3.63) is 58.7 Å². The van der Waals surface area contributed by atoms with Crippen molar-refractivity contribution < 1.29 is 26.3 Å². The third kappa shape index (κ3) is 3.76. The van der Waals surface area contributed by atoms with Crippen molar-refractivity contribution in [1.82, 2.24) is 0 Å². The Balaban J connectivity index is 1.50. The number of hydrogen-bond acceptors (Lipinski definition) is 4. The number of halogens is 6. The topological polar surface area (TPSA) is 6.48 Å². The van der Waals surface area contributed by atoms with Gasteiger partial charge in [-0.3, -0.25) is 0 Å². The van der Waals surface area contributed by atoms with Crippen LogP contribution in [-0.2, 0) is 25.2 Å². The van der Waals surface area contributed by atoms with Gasteiger partial charge in [0.1, 0.15) is 0 Å². The number of rotatable bonds is 3. The van der Waals surface area contributed by atoms with E-state index in [4.69, 9.17) is 0 Å². The fourth-order valence-electron chi connectivity index (χ4n) is 3.29. The Morgan fingerprint density at radius 1 is 0.643 bits per heavy atom. The second-order valence-corrected chi connectivity index (χ2v) is 8.61. The Morgan fingerprint density at radius 3 is 1.39 bits per heavy atom. The molecule has 2 aliphatic heterocycles. The molecule has 28 heavy (non-hydrogen) atoms. The Hall–Kier alpha value is -1.68. The van der Waals surface area contributed by atoms with Crippen LogP contribution in [0.3, 0.4) is 0 Å². The summed E-state index contributed by atoms with van der Waals surface area (Å²) in [6, 6.07) is 7.41. The maximum Gasteiger partial charge on any atom is 0.416 e. The van der Waals surface area contributed by atoms with Gasteiger partial charge in [-0.25, -0.2) is 0 Å². The molecule has 0 atom stereocenters. The predicted octanol–water partition coefficient (Wildman–Crippen LogP) is 6.36. The third-order valence-corrected chi connectivity index (χ3v) is 7.21. The normalized spacial score (nSPS) is 16.5. The summed E-state index contributed by atoms with van der Waals surface area (Å²) < 4.78 is 81.4. The smallest absolute Gasteiger partial charge is 0.305 e. The summed E-state index contributed by atoms with van der Waals surface area (Å²) in [7, 11) is 2.50. The molecule has 2 aromatic rings. The molecule has 0 saturated carbocycles. The largest absolute Gasteiger partial charge is 0.416 e. The molecule has 2 aliphatic rings. The van der Waals surface area contributed by atoms with Crippen molar-refractivity contribution in [3.63, 3.8) is 0 Å². The zero-order valence-electron chi connectivity index (χ0n) is 14.3. The van der Waals surface area contributed by atoms with Crippen molar-refractivity contribution in [2.45, 2.75) is 25.2 Å². The highest BCUT2D eigenvalue weighted by Gasteiger charge is 2.34. The number of anilines is 2. The van der Waals surface area contributed by atoms with Crippen LogP contribution >= 0.6 is 22.0 Å². The van der Waals surface area contributed by atoms with Gasteiger partial charge in [0.2, 0.25) is 0 Å². The molecule has 2 heterocycles. The molecule has 0 bridgehead atoms. The third-order valence-electron chi connectivity index (χ3n) is 4.74. The zero-order valence-corrected chi connectivity index (χ0v) is 15.9. The van der Waals surface area contributed by atoms with E-state index in [1.165, 1.54) is 34.1 Å². The van der Waals surface area contributed by atoms with E-state index in [-0.39, 0.29) is 0 Å². The van der Waals surface area contributed by atoms with Crippen LogP contribution in [0.5, 0.6) is 0 Å². The molecule has 0 radical (unpaired) electrons. The van der Waals surface area contributed by atoms with Gasteiger partial charge in [-0.2, -0.15) is 26.3 Å². The second-order valence-electron chi connectivity index (χ2n) is 6.54. The Bertz CT molecular complexity index is 823. The highest BCUT2D eigenvalue weighted by atomic mass is 33.1. The minimum Gasteiger partial charge on any atom is -0.305 e. The van der Waals surface area contributed by atoms with E-state index in [0.29, 0.717) is 37.3 Å². The van der Waals surface area contributed by atoms with Gasteiger partial charge in [0.25, 0.3) is 0 Å². The number of hydrogen-bond donors (Lipinski definition) is 0. The van der Waals surface area contributed by atoms with Crippen molar-refractivity contribution >= 4 is 33.3 Å². The van der Waals surface area contributed by atoms with Crippen LogP contribution in [0.1, 0.15) is 22.3 Å². The molecule has 0 spiro atoms. The average molecular weight is 436 g/mol. The summed E-state index contributed by atoms with van der Waals surface area (Å²) in [5, 5.41) is 0. The van der Waals surface area contributed by atoms with Crippen LogP contribution in [0, 0.1) is 0 Å². The quantitative estimate of drug-likeness (QED) is 0.314. The molecule has 2 nitrogen and oxygen atoms in total. The highest BCUT2D eigenvalue weighted by molar-refractivity contribution is 8.77. The van der Waals surface area contributed by atoms with Gasteiger partial charge in [0, 0.05) is 35.0 Å². The molecule has 10 heteroatoms. The summed E-state index contributed by atoms with van der Waals surface area (Å²) >= 11 is 0. The number of fused-ring (bicyclic) bond motifs is 2. The van der Waals surface area contributed by atoms with Gasteiger partial charge in [0.05, 0.1) is 22.5 Å². The number of benzene rings is 2. The van der Waals surface area contributed by atoms with Gasteiger partial charge in [-0.1, -0.05) is 12.1 Å². The Labute approximate surface area is 165 Å². The van der Waals surface area contributed by atoms with E-state index >= 15 is 0 Å². The van der Waals surface area contributed by atoms with Crippen LogP contribution in [-0.4, -0.2) is 13.1 Å². The fraction of sp³-hybridized carbons (Fsp3) is 0.333. The first-order chi connectivity index (χ1) is 13.1. The van der Waals surface area contributed by atoms with Crippen LogP contribution in [0.2, 0.25) is 0 Å². The zero-order chi connectivity index (χ0) is 20.1. The molecule has 2 aromatic carbocycles. The molecule has 0 saturated heterocycles. The molecule has 150 valence electrons. The Kier molecular flexibility index (Phi) is 4.89. The maximum atomic E-state index is 13.0. The van der Waals surface area contributed by atoms with Gasteiger partial charge in [0.15, 0.2) is 0 Å². The van der Waals surface area contributed by atoms with Gasteiger partial charge in [-0.15, -0.1) is 0 Å². The first-order valence-corrected chi connectivity index (χ1v) is 10.5.